The summed E-state index contributed by atoms with van der Waals surface area (Å²) >= 11 is 0. The number of amides is 2. The Hall–Kier alpha value is -1.98. The first kappa shape index (κ1) is 14.4. The molecule has 2 atom stereocenters. The average molecular weight is 276 g/mol. The number of piperazine rings is 1. The van der Waals surface area contributed by atoms with Crippen molar-refractivity contribution in [3.8, 4) is 0 Å². The van der Waals surface area contributed by atoms with E-state index in [1.54, 1.807) is 17.2 Å². The Morgan fingerprint density at radius 2 is 2.15 bits per heavy atom. The van der Waals surface area contributed by atoms with Crippen molar-refractivity contribution in [2.75, 3.05) is 0 Å². The second kappa shape index (κ2) is 6.45. The van der Waals surface area contributed by atoms with Gasteiger partial charge >= 0.3 is 0 Å². The molecule has 1 aliphatic rings. The number of carbonyl (C=O) groups is 2. The first-order valence-electron chi connectivity index (χ1n) is 7.03. The normalized spacial score (nSPS) is 22.8. The molecule has 1 saturated heterocycles. The SMILES string of the molecule is CCCC1NC(=O)C(CC)N(Cc2ccncn2)C1=O. The molecule has 2 unspecified atom stereocenters. The van der Waals surface area contributed by atoms with E-state index in [4.69, 9.17) is 0 Å². The molecule has 20 heavy (non-hydrogen) atoms. The third-order valence-corrected chi connectivity index (χ3v) is 3.52. The van der Waals surface area contributed by atoms with E-state index in [0.717, 1.165) is 12.1 Å². The second-order valence-corrected chi connectivity index (χ2v) is 4.94. The zero-order valence-corrected chi connectivity index (χ0v) is 11.9. The maximum Gasteiger partial charge on any atom is 0.246 e. The van der Waals surface area contributed by atoms with Gasteiger partial charge in [0.05, 0.1) is 12.2 Å². The zero-order chi connectivity index (χ0) is 14.5. The van der Waals surface area contributed by atoms with E-state index in [9.17, 15) is 9.59 Å². The molecule has 0 saturated carbocycles. The molecule has 1 aromatic rings. The summed E-state index contributed by atoms with van der Waals surface area (Å²) in [6.07, 6.45) is 5.22. The molecule has 1 N–H and O–H groups in total. The Balaban J connectivity index is 2.20. The largest absolute Gasteiger partial charge is 0.343 e. The lowest BCUT2D eigenvalue weighted by atomic mass is 10.0. The summed E-state index contributed by atoms with van der Waals surface area (Å²) in [5.74, 6) is -0.0866. The molecule has 0 aromatic carbocycles. The molecule has 1 fully saturated rings. The maximum atomic E-state index is 12.5. The summed E-state index contributed by atoms with van der Waals surface area (Å²) in [4.78, 5) is 34.3. The highest BCUT2D eigenvalue weighted by Gasteiger charge is 2.39. The van der Waals surface area contributed by atoms with Crippen molar-refractivity contribution < 1.29 is 9.59 Å². The molecule has 2 rings (SSSR count). The highest BCUT2D eigenvalue weighted by Crippen LogP contribution is 2.18. The molecular weight excluding hydrogens is 256 g/mol. The molecule has 1 aromatic heterocycles. The van der Waals surface area contributed by atoms with Gasteiger partial charge in [0.15, 0.2) is 0 Å². The summed E-state index contributed by atoms with van der Waals surface area (Å²) in [6, 6.07) is 0.948. The van der Waals surface area contributed by atoms with Crippen LogP contribution in [0, 0.1) is 0 Å². The van der Waals surface area contributed by atoms with Crippen molar-refractivity contribution in [3.63, 3.8) is 0 Å². The molecule has 0 radical (unpaired) electrons. The van der Waals surface area contributed by atoms with Crippen molar-refractivity contribution in [3.05, 3.63) is 24.3 Å². The van der Waals surface area contributed by atoms with Crippen molar-refractivity contribution >= 4 is 11.8 Å². The summed E-state index contributed by atoms with van der Waals surface area (Å²) < 4.78 is 0. The Morgan fingerprint density at radius 3 is 2.75 bits per heavy atom. The third kappa shape index (κ3) is 2.95. The van der Waals surface area contributed by atoms with Crippen LogP contribution in [0.5, 0.6) is 0 Å². The van der Waals surface area contributed by atoms with Crippen LogP contribution in [0.15, 0.2) is 18.6 Å². The lowest BCUT2D eigenvalue weighted by molar-refractivity contribution is -0.150. The molecule has 0 bridgehead atoms. The molecular formula is C14H20N4O2. The molecule has 6 heteroatoms. The Morgan fingerprint density at radius 1 is 1.35 bits per heavy atom. The summed E-state index contributed by atoms with van der Waals surface area (Å²) in [5, 5.41) is 2.82. The molecule has 108 valence electrons. The van der Waals surface area contributed by atoms with Gasteiger partial charge in [-0.3, -0.25) is 9.59 Å². The van der Waals surface area contributed by atoms with Crippen molar-refractivity contribution in [2.24, 2.45) is 0 Å². The highest BCUT2D eigenvalue weighted by atomic mass is 16.2. The van der Waals surface area contributed by atoms with Gasteiger partial charge < -0.3 is 10.2 Å². The zero-order valence-electron chi connectivity index (χ0n) is 11.9. The van der Waals surface area contributed by atoms with E-state index >= 15 is 0 Å². The fourth-order valence-electron chi connectivity index (χ4n) is 2.49. The van der Waals surface area contributed by atoms with Crippen LogP contribution in [0.3, 0.4) is 0 Å². The van der Waals surface area contributed by atoms with E-state index in [0.29, 0.717) is 19.4 Å². The fraction of sp³-hybridized carbons (Fsp3) is 0.571. The van der Waals surface area contributed by atoms with Crippen LogP contribution < -0.4 is 5.32 Å². The Kier molecular flexibility index (Phi) is 4.65. The monoisotopic (exact) mass is 276 g/mol. The predicted molar refractivity (Wildman–Crippen MR) is 73.5 cm³/mol. The van der Waals surface area contributed by atoms with Gasteiger partial charge in [0.1, 0.15) is 18.4 Å². The van der Waals surface area contributed by atoms with Gasteiger partial charge in [-0.25, -0.2) is 9.97 Å². The van der Waals surface area contributed by atoms with E-state index in [-0.39, 0.29) is 11.8 Å². The van der Waals surface area contributed by atoms with E-state index in [1.807, 2.05) is 13.8 Å². The van der Waals surface area contributed by atoms with Crippen molar-refractivity contribution in [1.29, 1.82) is 0 Å². The maximum absolute atomic E-state index is 12.5. The molecule has 6 nitrogen and oxygen atoms in total. The molecule has 2 heterocycles. The number of nitrogens with one attached hydrogen (secondary N) is 1. The highest BCUT2D eigenvalue weighted by molar-refractivity contribution is 5.96. The van der Waals surface area contributed by atoms with Crippen LogP contribution in [0.1, 0.15) is 38.8 Å². The summed E-state index contributed by atoms with van der Waals surface area (Å²) in [5.41, 5.74) is 0.747. The molecule has 1 aliphatic heterocycles. The summed E-state index contributed by atoms with van der Waals surface area (Å²) in [7, 11) is 0. The first-order chi connectivity index (χ1) is 9.67. The molecule has 2 amide bonds. The van der Waals surface area contributed by atoms with Gasteiger partial charge in [0, 0.05) is 6.20 Å². The molecule has 0 spiro atoms. The smallest absolute Gasteiger partial charge is 0.246 e. The van der Waals surface area contributed by atoms with Crippen LogP contribution in [-0.2, 0) is 16.1 Å². The van der Waals surface area contributed by atoms with Gasteiger partial charge in [0.2, 0.25) is 11.8 Å². The van der Waals surface area contributed by atoms with Crippen LogP contribution in [0.4, 0.5) is 0 Å². The van der Waals surface area contributed by atoms with Crippen LogP contribution in [-0.4, -0.2) is 38.8 Å². The minimum Gasteiger partial charge on any atom is -0.343 e. The predicted octanol–water partition coefficient (Wildman–Crippen LogP) is 0.882. The van der Waals surface area contributed by atoms with Crippen LogP contribution >= 0.6 is 0 Å². The van der Waals surface area contributed by atoms with Gasteiger partial charge in [-0.15, -0.1) is 0 Å². The van der Waals surface area contributed by atoms with Crippen molar-refractivity contribution in [2.45, 2.75) is 51.7 Å². The van der Waals surface area contributed by atoms with Crippen molar-refractivity contribution in [1.82, 2.24) is 20.2 Å². The number of carbonyl (C=O) groups excluding carboxylic acids is 2. The number of nitrogens with zero attached hydrogens (tertiary/aromatic N) is 3. The third-order valence-electron chi connectivity index (χ3n) is 3.52. The summed E-state index contributed by atoms with van der Waals surface area (Å²) in [6.45, 7) is 4.26. The second-order valence-electron chi connectivity index (χ2n) is 4.94. The molecule has 0 aliphatic carbocycles. The topological polar surface area (TPSA) is 75.2 Å². The minimum absolute atomic E-state index is 0.0167. The number of hydrogen-bond acceptors (Lipinski definition) is 4. The Bertz CT molecular complexity index is 477. The lowest BCUT2D eigenvalue weighted by Gasteiger charge is -2.38. The van der Waals surface area contributed by atoms with E-state index in [2.05, 4.69) is 15.3 Å². The Labute approximate surface area is 118 Å². The first-order valence-corrected chi connectivity index (χ1v) is 7.03. The number of hydrogen-bond donors (Lipinski definition) is 1. The average Bonchev–Trinajstić information content (AvgIpc) is 2.46. The fourth-order valence-corrected chi connectivity index (χ4v) is 2.49. The van der Waals surface area contributed by atoms with Gasteiger partial charge in [-0.1, -0.05) is 20.3 Å². The standard InChI is InChI=1S/C14H20N4O2/c1-3-5-11-14(20)18(12(4-2)13(19)17-11)8-10-6-7-15-9-16-10/h6-7,9,11-12H,3-5,8H2,1-2H3,(H,17,19). The number of rotatable bonds is 5. The van der Waals surface area contributed by atoms with Gasteiger partial charge in [0.25, 0.3) is 0 Å². The van der Waals surface area contributed by atoms with E-state index in [1.165, 1.54) is 6.33 Å². The van der Waals surface area contributed by atoms with Gasteiger partial charge in [-0.2, -0.15) is 0 Å². The van der Waals surface area contributed by atoms with E-state index < -0.39 is 12.1 Å². The van der Waals surface area contributed by atoms with Crippen LogP contribution in [0.2, 0.25) is 0 Å². The quantitative estimate of drug-likeness (QED) is 0.866. The minimum atomic E-state index is -0.412. The van der Waals surface area contributed by atoms with Crippen LogP contribution in [0.25, 0.3) is 0 Å². The number of aromatic nitrogens is 2. The lowest BCUT2D eigenvalue weighted by Crippen LogP contribution is -2.62. The van der Waals surface area contributed by atoms with Gasteiger partial charge in [-0.05, 0) is 18.9 Å².